The highest BCUT2D eigenvalue weighted by atomic mass is 19.3. The Balaban J connectivity index is 1.96. The van der Waals surface area contributed by atoms with Gasteiger partial charge in [0.25, 0.3) is 0 Å². The molecule has 0 aliphatic carbocycles. The van der Waals surface area contributed by atoms with Crippen LogP contribution in [0.4, 0.5) is 18.9 Å². The number of hydrogen-bond donors (Lipinski definition) is 1. The number of ketones is 1. The number of esters is 1. The van der Waals surface area contributed by atoms with Crippen molar-refractivity contribution >= 4 is 23.3 Å². The molecule has 0 saturated carbocycles. The molecular formula is C18H14F3NO5. The standard InChI is InChI=1S/C18H14F3NO5/c1-10(23)22-12-4-7-14(15(19)8-12)16(24)9-26-17(25)11-2-5-13(6-3-11)27-18(20)21/h2-8,18H,9H2,1H3,(H,22,23). The minimum Gasteiger partial charge on any atom is -0.454 e. The zero-order chi connectivity index (χ0) is 20.0. The number of ether oxygens (including phenoxy) is 2. The van der Waals surface area contributed by atoms with Gasteiger partial charge in [-0.2, -0.15) is 8.78 Å². The Labute approximate surface area is 151 Å². The van der Waals surface area contributed by atoms with Crippen molar-refractivity contribution in [3.05, 3.63) is 59.4 Å². The zero-order valence-corrected chi connectivity index (χ0v) is 14.0. The van der Waals surface area contributed by atoms with E-state index in [1.54, 1.807) is 0 Å². The highest BCUT2D eigenvalue weighted by Crippen LogP contribution is 2.17. The lowest BCUT2D eigenvalue weighted by molar-refractivity contribution is -0.114. The number of alkyl halides is 2. The molecule has 0 saturated heterocycles. The summed E-state index contributed by atoms with van der Waals surface area (Å²) in [6.07, 6.45) is 0. The molecule has 27 heavy (non-hydrogen) atoms. The molecule has 0 unspecified atom stereocenters. The number of benzene rings is 2. The first-order chi connectivity index (χ1) is 12.8. The van der Waals surface area contributed by atoms with Crippen molar-refractivity contribution in [2.75, 3.05) is 11.9 Å². The van der Waals surface area contributed by atoms with E-state index in [4.69, 9.17) is 4.74 Å². The van der Waals surface area contributed by atoms with Crippen LogP contribution < -0.4 is 10.1 Å². The van der Waals surface area contributed by atoms with Gasteiger partial charge in [0.1, 0.15) is 11.6 Å². The lowest BCUT2D eigenvalue weighted by atomic mass is 10.1. The van der Waals surface area contributed by atoms with Crippen molar-refractivity contribution < 1.29 is 37.0 Å². The van der Waals surface area contributed by atoms with E-state index in [1.807, 2.05) is 0 Å². The Morgan fingerprint density at radius 2 is 1.74 bits per heavy atom. The molecule has 2 rings (SSSR count). The number of amides is 1. The second kappa shape index (κ2) is 8.84. The summed E-state index contributed by atoms with van der Waals surface area (Å²) in [6.45, 7) is -2.46. The summed E-state index contributed by atoms with van der Waals surface area (Å²) in [5.41, 5.74) is -0.122. The second-order valence-corrected chi connectivity index (χ2v) is 5.28. The van der Waals surface area contributed by atoms with Gasteiger partial charge < -0.3 is 14.8 Å². The van der Waals surface area contributed by atoms with Crippen molar-refractivity contribution in [1.82, 2.24) is 0 Å². The fraction of sp³-hybridized carbons (Fsp3) is 0.167. The lowest BCUT2D eigenvalue weighted by Gasteiger charge is -2.08. The van der Waals surface area contributed by atoms with Gasteiger partial charge in [-0.1, -0.05) is 0 Å². The molecule has 0 atom stereocenters. The molecule has 142 valence electrons. The summed E-state index contributed by atoms with van der Waals surface area (Å²) in [5, 5.41) is 2.37. The third-order valence-electron chi connectivity index (χ3n) is 3.24. The van der Waals surface area contributed by atoms with E-state index in [1.165, 1.54) is 25.1 Å². The molecule has 0 bridgehead atoms. The monoisotopic (exact) mass is 381 g/mol. The van der Waals surface area contributed by atoms with E-state index in [9.17, 15) is 27.6 Å². The van der Waals surface area contributed by atoms with Gasteiger partial charge in [-0.3, -0.25) is 9.59 Å². The largest absolute Gasteiger partial charge is 0.454 e. The molecule has 0 aliphatic heterocycles. The van der Waals surface area contributed by atoms with Crippen molar-refractivity contribution in [3.8, 4) is 5.75 Å². The smallest absolute Gasteiger partial charge is 0.387 e. The van der Waals surface area contributed by atoms with Gasteiger partial charge in [0.15, 0.2) is 6.61 Å². The first kappa shape index (κ1) is 20.0. The van der Waals surface area contributed by atoms with Gasteiger partial charge in [-0.25, -0.2) is 9.18 Å². The third kappa shape index (κ3) is 5.84. The van der Waals surface area contributed by atoms with Crippen LogP contribution in [0.2, 0.25) is 0 Å². The van der Waals surface area contributed by atoms with Crippen LogP contribution in [0.1, 0.15) is 27.6 Å². The van der Waals surface area contributed by atoms with Gasteiger partial charge in [0, 0.05) is 12.6 Å². The Kier molecular flexibility index (Phi) is 6.53. The van der Waals surface area contributed by atoms with Gasteiger partial charge >= 0.3 is 12.6 Å². The predicted octanol–water partition coefficient (Wildman–Crippen LogP) is 3.43. The number of nitrogens with one attached hydrogen (secondary N) is 1. The van der Waals surface area contributed by atoms with Crippen LogP contribution >= 0.6 is 0 Å². The highest BCUT2D eigenvalue weighted by Gasteiger charge is 2.16. The van der Waals surface area contributed by atoms with Crippen molar-refractivity contribution in [2.24, 2.45) is 0 Å². The molecule has 2 aromatic rings. The first-order valence-electron chi connectivity index (χ1n) is 7.58. The molecule has 1 amide bonds. The lowest BCUT2D eigenvalue weighted by Crippen LogP contribution is -2.16. The summed E-state index contributed by atoms with van der Waals surface area (Å²) in [4.78, 5) is 34.8. The van der Waals surface area contributed by atoms with E-state index < -0.39 is 36.7 Å². The molecule has 0 heterocycles. The number of carbonyl (C=O) groups is 3. The van der Waals surface area contributed by atoms with Gasteiger partial charge in [0.05, 0.1) is 11.1 Å². The molecule has 0 aromatic heterocycles. The maximum absolute atomic E-state index is 14.0. The first-order valence-corrected chi connectivity index (χ1v) is 7.58. The SMILES string of the molecule is CC(=O)Nc1ccc(C(=O)COC(=O)c2ccc(OC(F)F)cc2)c(F)c1. The quantitative estimate of drug-likeness (QED) is 0.587. The topological polar surface area (TPSA) is 81.7 Å². The highest BCUT2D eigenvalue weighted by molar-refractivity contribution is 6.00. The summed E-state index contributed by atoms with van der Waals surface area (Å²) in [7, 11) is 0. The Morgan fingerprint density at radius 3 is 2.30 bits per heavy atom. The number of rotatable bonds is 7. The van der Waals surface area contributed by atoms with Crippen molar-refractivity contribution in [3.63, 3.8) is 0 Å². The minimum atomic E-state index is -2.99. The number of hydrogen-bond acceptors (Lipinski definition) is 5. The summed E-state index contributed by atoms with van der Waals surface area (Å²) < 4.78 is 47.0. The van der Waals surface area contributed by atoms with E-state index in [2.05, 4.69) is 10.1 Å². The number of halogens is 3. The number of carbonyl (C=O) groups excluding carboxylic acids is 3. The predicted molar refractivity (Wildman–Crippen MR) is 88.4 cm³/mol. The zero-order valence-electron chi connectivity index (χ0n) is 14.0. The molecule has 0 fully saturated rings. The molecule has 0 spiro atoms. The van der Waals surface area contributed by atoms with E-state index in [0.29, 0.717) is 0 Å². The Morgan fingerprint density at radius 1 is 1.07 bits per heavy atom. The molecule has 0 radical (unpaired) electrons. The summed E-state index contributed by atoms with van der Waals surface area (Å²) >= 11 is 0. The van der Waals surface area contributed by atoms with Crippen LogP contribution in [0, 0.1) is 5.82 Å². The van der Waals surface area contributed by atoms with Crippen LogP contribution in [0.15, 0.2) is 42.5 Å². The maximum Gasteiger partial charge on any atom is 0.387 e. The van der Waals surface area contributed by atoms with E-state index in [-0.39, 0.29) is 22.6 Å². The van der Waals surface area contributed by atoms with Crippen molar-refractivity contribution in [1.29, 1.82) is 0 Å². The number of Topliss-reactive ketones (excluding diaryl/α,β-unsaturated/α-hetero) is 1. The van der Waals surface area contributed by atoms with Crippen LogP contribution in [0.5, 0.6) is 5.75 Å². The van der Waals surface area contributed by atoms with E-state index >= 15 is 0 Å². The van der Waals surface area contributed by atoms with Crippen LogP contribution in [-0.4, -0.2) is 30.9 Å². The minimum absolute atomic E-state index is 0.00546. The Hall–Kier alpha value is -3.36. The second-order valence-electron chi connectivity index (χ2n) is 5.28. The molecule has 2 aromatic carbocycles. The molecule has 6 nitrogen and oxygen atoms in total. The van der Waals surface area contributed by atoms with Gasteiger partial charge in [-0.05, 0) is 42.5 Å². The maximum atomic E-state index is 14.0. The molecule has 9 heteroatoms. The average Bonchev–Trinajstić information content (AvgIpc) is 2.59. The Bertz CT molecular complexity index is 853. The van der Waals surface area contributed by atoms with Crippen molar-refractivity contribution in [2.45, 2.75) is 13.5 Å². The fourth-order valence-electron chi connectivity index (χ4n) is 2.09. The summed E-state index contributed by atoms with van der Waals surface area (Å²) in [5.74, 6) is -3.09. The van der Waals surface area contributed by atoms with Gasteiger partial charge in [0.2, 0.25) is 11.7 Å². The molecule has 1 N–H and O–H groups in total. The normalized spacial score (nSPS) is 10.4. The van der Waals surface area contributed by atoms with E-state index in [0.717, 1.165) is 24.3 Å². The summed E-state index contributed by atoms with van der Waals surface area (Å²) in [6, 6.07) is 8.13. The molecule has 0 aliphatic rings. The number of anilines is 1. The van der Waals surface area contributed by atoms with Crippen LogP contribution in [0.25, 0.3) is 0 Å². The molecular weight excluding hydrogens is 367 g/mol. The average molecular weight is 381 g/mol. The van der Waals surface area contributed by atoms with Gasteiger partial charge in [-0.15, -0.1) is 0 Å². The fourth-order valence-corrected chi connectivity index (χ4v) is 2.09. The van der Waals surface area contributed by atoms with Crippen LogP contribution in [0.3, 0.4) is 0 Å². The van der Waals surface area contributed by atoms with Crippen LogP contribution in [-0.2, 0) is 9.53 Å². The third-order valence-corrected chi connectivity index (χ3v) is 3.24.